The fraction of sp³-hybridized carbons (Fsp3) is 0.538. The zero-order chi connectivity index (χ0) is 12.8. The van der Waals surface area contributed by atoms with Crippen LogP contribution in [0.5, 0.6) is 5.88 Å². The van der Waals surface area contributed by atoms with E-state index >= 15 is 0 Å². The van der Waals surface area contributed by atoms with Gasteiger partial charge in [-0.05, 0) is 32.3 Å². The van der Waals surface area contributed by atoms with E-state index in [4.69, 9.17) is 16.3 Å². The lowest BCUT2D eigenvalue weighted by Gasteiger charge is -2.40. The Bertz CT molecular complexity index is 589. The van der Waals surface area contributed by atoms with Crippen LogP contribution in [0, 0.1) is 0 Å². The smallest absolute Gasteiger partial charge is 0.215 e. The maximum atomic E-state index is 6.02. The van der Waals surface area contributed by atoms with Crippen molar-refractivity contribution in [1.82, 2.24) is 14.5 Å². The standard InChI is InChI=1S/C13H16ClN3O/c1-13(6-3-7-13)17-10(8-14)15-9-4-5-11(18-2)16-12(9)17/h4-5H,3,6-8H2,1-2H3. The van der Waals surface area contributed by atoms with Crippen LogP contribution in [0.2, 0.25) is 0 Å². The lowest BCUT2D eigenvalue weighted by Crippen LogP contribution is -2.38. The summed E-state index contributed by atoms with van der Waals surface area (Å²) in [6.07, 6.45) is 3.56. The van der Waals surface area contributed by atoms with Crippen LogP contribution >= 0.6 is 11.6 Å². The highest BCUT2D eigenvalue weighted by molar-refractivity contribution is 6.16. The van der Waals surface area contributed by atoms with Gasteiger partial charge >= 0.3 is 0 Å². The van der Waals surface area contributed by atoms with E-state index in [9.17, 15) is 0 Å². The van der Waals surface area contributed by atoms with Crippen molar-refractivity contribution in [3.05, 3.63) is 18.0 Å². The second kappa shape index (κ2) is 4.12. The number of hydrogen-bond acceptors (Lipinski definition) is 3. The van der Waals surface area contributed by atoms with Gasteiger partial charge in [0.15, 0.2) is 5.65 Å². The average Bonchev–Trinajstić information content (AvgIpc) is 2.73. The van der Waals surface area contributed by atoms with Gasteiger partial charge in [0, 0.05) is 11.6 Å². The number of rotatable bonds is 3. The maximum Gasteiger partial charge on any atom is 0.215 e. The molecule has 1 aliphatic rings. The molecule has 5 heteroatoms. The average molecular weight is 266 g/mol. The minimum atomic E-state index is 0.109. The first-order chi connectivity index (χ1) is 8.68. The molecule has 0 aliphatic heterocycles. The summed E-state index contributed by atoms with van der Waals surface area (Å²) < 4.78 is 7.40. The van der Waals surface area contributed by atoms with E-state index in [0.29, 0.717) is 11.8 Å². The van der Waals surface area contributed by atoms with Gasteiger partial charge in [0.2, 0.25) is 5.88 Å². The molecule has 2 aromatic rings. The van der Waals surface area contributed by atoms with Gasteiger partial charge < -0.3 is 9.30 Å². The fourth-order valence-electron chi connectivity index (χ4n) is 2.67. The molecule has 96 valence electrons. The van der Waals surface area contributed by atoms with Gasteiger partial charge in [0.05, 0.1) is 13.0 Å². The largest absolute Gasteiger partial charge is 0.481 e. The van der Waals surface area contributed by atoms with Crippen molar-refractivity contribution in [3.8, 4) is 5.88 Å². The van der Waals surface area contributed by atoms with Crippen molar-refractivity contribution in [2.45, 2.75) is 37.6 Å². The Hall–Kier alpha value is -1.29. The molecule has 4 nitrogen and oxygen atoms in total. The summed E-state index contributed by atoms with van der Waals surface area (Å²) >= 11 is 6.02. The molecule has 0 radical (unpaired) electrons. The number of halogens is 1. The van der Waals surface area contributed by atoms with Gasteiger partial charge in [-0.3, -0.25) is 0 Å². The minimum Gasteiger partial charge on any atom is -0.481 e. The van der Waals surface area contributed by atoms with Gasteiger partial charge in [-0.1, -0.05) is 0 Å². The third kappa shape index (κ3) is 1.59. The Morgan fingerprint density at radius 2 is 2.17 bits per heavy atom. The molecule has 0 aromatic carbocycles. The van der Waals surface area contributed by atoms with Gasteiger partial charge in [-0.15, -0.1) is 11.6 Å². The molecule has 1 saturated carbocycles. The quantitative estimate of drug-likeness (QED) is 0.801. The van der Waals surface area contributed by atoms with Crippen LogP contribution in [0.1, 0.15) is 32.0 Å². The molecule has 1 aliphatic carbocycles. The summed E-state index contributed by atoms with van der Waals surface area (Å²) in [5.41, 5.74) is 1.88. The van der Waals surface area contributed by atoms with E-state index in [-0.39, 0.29) is 5.54 Å². The Morgan fingerprint density at radius 3 is 2.72 bits per heavy atom. The first-order valence-corrected chi connectivity index (χ1v) is 6.70. The van der Waals surface area contributed by atoms with E-state index in [1.807, 2.05) is 12.1 Å². The first-order valence-electron chi connectivity index (χ1n) is 6.17. The molecule has 0 saturated heterocycles. The van der Waals surface area contributed by atoms with Crippen LogP contribution < -0.4 is 4.74 Å². The molecule has 1 fully saturated rings. The minimum absolute atomic E-state index is 0.109. The molecule has 0 N–H and O–H groups in total. The maximum absolute atomic E-state index is 6.02. The van der Waals surface area contributed by atoms with E-state index in [2.05, 4.69) is 21.5 Å². The second-order valence-corrected chi connectivity index (χ2v) is 5.31. The molecule has 0 bridgehead atoms. The molecule has 18 heavy (non-hydrogen) atoms. The third-order valence-electron chi connectivity index (χ3n) is 3.85. The molecule has 0 atom stereocenters. The molecule has 0 unspecified atom stereocenters. The van der Waals surface area contributed by atoms with Gasteiger partial charge in [-0.2, -0.15) is 4.98 Å². The summed E-state index contributed by atoms with van der Waals surface area (Å²) in [6, 6.07) is 3.77. The summed E-state index contributed by atoms with van der Waals surface area (Å²) in [6.45, 7) is 2.24. The van der Waals surface area contributed by atoms with Crippen LogP contribution in [0.25, 0.3) is 11.2 Å². The molecule has 2 heterocycles. The molecule has 0 amide bonds. The van der Waals surface area contributed by atoms with Crippen LogP contribution in [0.15, 0.2) is 12.1 Å². The number of imidazole rings is 1. The zero-order valence-electron chi connectivity index (χ0n) is 10.6. The van der Waals surface area contributed by atoms with Crippen LogP contribution in [-0.4, -0.2) is 21.6 Å². The summed E-state index contributed by atoms with van der Waals surface area (Å²) in [5, 5.41) is 0. The Labute approximate surface area is 111 Å². The molecular weight excluding hydrogens is 250 g/mol. The number of fused-ring (bicyclic) bond motifs is 1. The lowest BCUT2D eigenvalue weighted by atomic mass is 9.78. The second-order valence-electron chi connectivity index (χ2n) is 5.04. The van der Waals surface area contributed by atoms with Crippen LogP contribution in [0.4, 0.5) is 0 Å². The predicted octanol–water partition coefficient (Wildman–Crippen LogP) is 3.08. The van der Waals surface area contributed by atoms with Crippen LogP contribution in [-0.2, 0) is 11.4 Å². The van der Waals surface area contributed by atoms with Crippen molar-refractivity contribution >= 4 is 22.8 Å². The molecule has 2 aromatic heterocycles. The van der Waals surface area contributed by atoms with Crippen LogP contribution in [0.3, 0.4) is 0 Å². The van der Waals surface area contributed by atoms with Crippen molar-refractivity contribution in [2.75, 3.05) is 7.11 Å². The number of aromatic nitrogens is 3. The highest BCUT2D eigenvalue weighted by atomic mass is 35.5. The third-order valence-corrected chi connectivity index (χ3v) is 4.09. The van der Waals surface area contributed by atoms with E-state index in [0.717, 1.165) is 29.8 Å². The molecule has 3 rings (SSSR count). The SMILES string of the molecule is COc1ccc2nc(CCl)n(C3(C)CCC3)c2n1. The monoisotopic (exact) mass is 265 g/mol. The molecular formula is C13H16ClN3O. The zero-order valence-corrected chi connectivity index (χ0v) is 11.4. The number of nitrogens with zero attached hydrogens (tertiary/aromatic N) is 3. The van der Waals surface area contributed by atoms with Crippen molar-refractivity contribution in [3.63, 3.8) is 0 Å². The highest BCUT2D eigenvalue weighted by Gasteiger charge is 2.37. The number of ether oxygens (including phenoxy) is 1. The number of pyridine rings is 1. The normalized spacial score (nSPS) is 17.7. The molecule has 0 spiro atoms. The Balaban J connectivity index is 2.25. The van der Waals surface area contributed by atoms with E-state index < -0.39 is 0 Å². The van der Waals surface area contributed by atoms with Gasteiger partial charge in [-0.25, -0.2) is 4.98 Å². The highest BCUT2D eigenvalue weighted by Crippen LogP contribution is 2.41. The van der Waals surface area contributed by atoms with Crippen molar-refractivity contribution in [2.24, 2.45) is 0 Å². The Kier molecular flexibility index (Phi) is 2.70. The summed E-state index contributed by atoms with van der Waals surface area (Å²) in [4.78, 5) is 9.10. The number of hydrogen-bond donors (Lipinski definition) is 0. The van der Waals surface area contributed by atoms with Gasteiger partial charge in [0.25, 0.3) is 0 Å². The first kappa shape index (κ1) is 11.8. The summed E-state index contributed by atoms with van der Waals surface area (Å²) in [5.74, 6) is 1.93. The summed E-state index contributed by atoms with van der Waals surface area (Å²) in [7, 11) is 1.63. The van der Waals surface area contributed by atoms with Crippen molar-refractivity contribution in [1.29, 1.82) is 0 Å². The topological polar surface area (TPSA) is 39.9 Å². The Morgan fingerprint density at radius 1 is 1.39 bits per heavy atom. The lowest BCUT2D eigenvalue weighted by molar-refractivity contribution is 0.169. The number of methoxy groups -OCH3 is 1. The number of alkyl halides is 1. The predicted molar refractivity (Wildman–Crippen MR) is 71.1 cm³/mol. The fourth-order valence-corrected chi connectivity index (χ4v) is 2.85. The van der Waals surface area contributed by atoms with Gasteiger partial charge in [0.1, 0.15) is 11.3 Å². The van der Waals surface area contributed by atoms with E-state index in [1.54, 1.807) is 7.11 Å². The van der Waals surface area contributed by atoms with E-state index in [1.165, 1.54) is 6.42 Å². The van der Waals surface area contributed by atoms with Crippen molar-refractivity contribution < 1.29 is 4.74 Å².